The van der Waals surface area contributed by atoms with Crippen LogP contribution < -0.4 is 5.32 Å². The molecule has 0 aliphatic rings. The highest BCUT2D eigenvalue weighted by atomic mass is 32.1. The Balaban J connectivity index is 2.23. The average molecular weight is 304 g/mol. The second-order valence-electron chi connectivity index (χ2n) is 4.54. The molecule has 110 valence electrons. The molecule has 1 aromatic heterocycles. The van der Waals surface area contributed by atoms with Crippen molar-refractivity contribution in [2.45, 2.75) is 26.2 Å². The maximum Gasteiger partial charge on any atom is 0.355 e. The van der Waals surface area contributed by atoms with Crippen molar-refractivity contribution in [3.63, 3.8) is 0 Å². The van der Waals surface area contributed by atoms with Gasteiger partial charge in [-0.05, 0) is 18.6 Å². The fraction of sp³-hybridized carbons (Fsp3) is 0.267. The highest BCUT2D eigenvalue weighted by molar-refractivity contribution is 7.13. The van der Waals surface area contributed by atoms with Gasteiger partial charge in [0, 0.05) is 17.4 Å². The summed E-state index contributed by atoms with van der Waals surface area (Å²) in [6.45, 7) is 2.03. The van der Waals surface area contributed by atoms with Crippen LogP contribution in [0, 0.1) is 0 Å². The molecule has 6 heteroatoms. The van der Waals surface area contributed by atoms with Crippen molar-refractivity contribution in [2.24, 2.45) is 0 Å². The Morgan fingerprint density at radius 1 is 1.33 bits per heavy atom. The Morgan fingerprint density at radius 3 is 2.76 bits per heavy atom. The van der Waals surface area contributed by atoms with Gasteiger partial charge in [0.15, 0.2) is 5.69 Å². The number of aromatic nitrogens is 1. The predicted octanol–water partition coefficient (Wildman–Crippen LogP) is 3.64. The summed E-state index contributed by atoms with van der Waals surface area (Å²) in [6, 6.07) is 7.27. The molecule has 0 saturated carbocycles. The SMILES string of the molecule is CCCCC(=O)Nc1ccccc1-c1nc(C(=O)O)cs1. The van der Waals surface area contributed by atoms with Gasteiger partial charge in [-0.25, -0.2) is 9.78 Å². The zero-order valence-electron chi connectivity index (χ0n) is 11.6. The smallest absolute Gasteiger partial charge is 0.355 e. The first-order valence-electron chi connectivity index (χ1n) is 6.70. The lowest BCUT2D eigenvalue weighted by Crippen LogP contribution is -2.11. The first kappa shape index (κ1) is 15.2. The molecule has 2 aromatic rings. The minimum atomic E-state index is -1.05. The lowest BCUT2D eigenvalue weighted by atomic mass is 10.1. The number of carboxylic acids is 1. The fourth-order valence-electron chi connectivity index (χ4n) is 1.82. The van der Waals surface area contributed by atoms with Crippen molar-refractivity contribution < 1.29 is 14.7 Å². The largest absolute Gasteiger partial charge is 0.476 e. The molecule has 1 heterocycles. The maximum absolute atomic E-state index is 11.8. The van der Waals surface area contributed by atoms with Crippen LogP contribution in [-0.2, 0) is 4.79 Å². The van der Waals surface area contributed by atoms with Crippen molar-refractivity contribution in [1.29, 1.82) is 0 Å². The normalized spacial score (nSPS) is 10.3. The number of rotatable bonds is 6. The minimum absolute atomic E-state index is 0.0158. The van der Waals surface area contributed by atoms with E-state index in [2.05, 4.69) is 10.3 Å². The van der Waals surface area contributed by atoms with Crippen LogP contribution in [0.3, 0.4) is 0 Å². The van der Waals surface area contributed by atoms with Crippen molar-refractivity contribution >= 4 is 28.9 Å². The van der Waals surface area contributed by atoms with E-state index in [-0.39, 0.29) is 11.6 Å². The number of nitrogens with zero attached hydrogens (tertiary/aromatic N) is 1. The van der Waals surface area contributed by atoms with Gasteiger partial charge in [-0.15, -0.1) is 11.3 Å². The quantitative estimate of drug-likeness (QED) is 0.854. The molecule has 0 aliphatic carbocycles. The molecule has 5 nitrogen and oxygen atoms in total. The van der Waals surface area contributed by atoms with Gasteiger partial charge in [-0.1, -0.05) is 25.5 Å². The maximum atomic E-state index is 11.8. The van der Waals surface area contributed by atoms with Crippen LogP contribution in [0.5, 0.6) is 0 Å². The number of aromatic carboxylic acids is 1. The van der Waals surface area contributed by atoms with E-state index in [0.717, 1.165) is 18.4 Å². The summed E-state index contributed by atoms with van der Waals surface area (Å²) >= 11 is 1.25. The van der Waals surface area contributed by atoms with Crippen LogP contribution >= 0.6 is 11.3 Å². The molecule has 1 amide bonds. The Hall–Kier alpha value is -2.21. The lowest BCUT2D eigenvalue weighted by molar-refractivity contribution is -0.116. The number of benzene rings is 1. The Kier molecular flexibility index (Phi) is 5.05. The van der Waals surface area contributed by atoms with E-state index in [9.17, 15) is 9.59 Å². The molecule has 0 bridgehead atoms. The summed E-state index contributed by atoms with van der Waals surface area (Å²) in [6.07, 6.45) is 2.28. The van der Waals surface area contributed by atoms with Gasteiger partial charge in [-0.3, -0.25) is 4.79 Å². The Bertz CT molecular complexity index is 652. The summed E-state index contributed by atoms with van der Waals surface area (Å²) in [5, 5.41) is 13.9. The highest BCUT2D eigenvalue weighted by Crippen LogP contribution is 2.30. The van der Waals surface area contributed by atoms with Crippen LogP contribution in [-0.4, -0.2) is 22.0 Å². The van der Waals surface area contributed by atoms with E-state index < -0.39 is 5.97 Å². The molecule has 0 spiro atoms. The van der Waals surface area contributed by atoms with Crippen LogP contribution in [0.1, 0.15) is 36.7 Å². The third-order valence-corrected chi connectivity index (χ3v) is 3.79. The molecule has 21 heavy (non-hydrogen) atoms. The summed E-state index contributed by atoms with van der Waals surface area (Å²) in [4.78, 5) is 26.8. The number of thiazole rings is 1. The summed E-state index contributed by atoms with van der Waals surface area (Å²) < 4.78 is 0. The Labute approximate surface area is 126 Å². The van der Waals surface area contributed by atoms with E-state index >= 15 is 0 Å². The number of hydrogen-bond donors (Lipinski definition) is 2. The van der Waals surface area contributed by atoms with Gasteiger partial charge in [0.05, 0.1) is 5.69 Å². The van der Waals surface area contributed by atoms with Crippen molar-refractivity contribution in [3.05, 3.63) is 35.3 Å². The van der Waals surface area contributed by atoms with Gasteiger partial charge in [0.2, 0.25) is 5.91 Å². The minimum Gasteiger partial charge on any atom is -0.476 e. The number of nitrogens with one attached hydrogen (secondary N) is 1. The summed E-state index contributed by atoms with van der Waals surface area (Å²) in [5.41, 5.74) is 1.41. The molecule has 0 aliphatic heterocycles. The molecule has 2 rings (SSSR count). The molecular formula is C15H16N2O3S. The predicted molar refractivity (Wildman–Crippen MR) is 82.7 cm³/mol. The van der Waals surface area contributed by atoms with E-state index in [1.165, 1.54) is 16.7 Å². The van der Waals surface area contributed by atoms with Crippen LogP contribution in [0.2, 0.25) is 0 Å². The Morgan fingerprint density at radius 2 is 2.10 bits per heavy atom. The van der Waals surface area contributed by atoms with E-state index in [4.69, 9.17) is 5.11 Å². The summed E-state index contributed by atoms with van der Waals surface area (Å²) in [7, 11) is 0. The number of para-hydroxylation sites is 1. The van der Waals surface area contributed by atoms with Gasteiger partial charge >= 0.3 is 5.97 Å². The van der Waals surface area contributed by atoms with E-state index in [1.807, 2.05) is 25.1 Å². The number of unbranched alkanes of at least 4 members (excludes halogenated alkanes) is 1. The first-order chi connectivity index (χ1) is 10.1. The van der Waals surface area contributed by atoms with Crippen molar-refractivity contribution in [2.75, 3.05) is 5.32 Å². The number of carbonyl (C=O) groups is 2. The topological polar surface area (TPSA) is 79.3 Å². The zero-order valence-corrected chi connectivity index (χ0v) is 12.4. The van der Waals surface area contributed by atoms with E-state index in [0.29, 0.717) is 17.1 Å². The number of hydrogen-bond acceptors (Lipinski definition) is 4. The molecule has 2 N–H and O–H groups in total. The van der Waals surface area contributed by atoms with Gasteiger partial charge < -0.3 is 10.4 Å². The fourth-order valence-corrected chi connectivity index (χ4v) is 2.66. The van der Waals surface area contributed by atoms with Crippen molar-refractivity contribution in [1.82, 2.24) is 4.98 Å². The van der Waals surface area contributed by atoms with Crippen LogP contribution in [0.4, 0.5) is 5.69 Å². The third kappa shape index (κ3) is 3.88. The second kappa shape index (κ2) is 6.99. The average Bonchev–Trinajstić information content (AvgIpc) is 2.95. The first-order valence-corrected chi connectivity index (χ1v) is 7.58. The third-order valence-electron chi connectivity index (χ3n) is 2.91. The van der Waals surface area contributed by atoms with Gasteiger partial charge in [0.1, 0.15) is 5.01 Å². The molecule has 0 fully saturated rings. The lowest BCUT2D eigenvalue weighted by Gasteiger charge is -2.09. The van der Waals surface area contributed by atoms with Crippen LogP contribution in [0.25, 0.3) is 10.6 Å². The number of amides is 1. The standard InChI is InChI=1S/C15H16N2O3S/c1-2-3-8-13(18)16-11-7-5-4-6-10(11)14-17-12(9-21-14)15(19)20/h4-7,9H,2-3,8H2,1H3,(H,16,18)(H,19,20). The summed E-state index contributed by atoms with van der Waals surface area (Å²) in [5.74, 6) is -1.10. The highest BCUT2D eigenvalue weighted by Gasteiger charge is 2.14. The number of carbonyl (C=O) groups excluding carboxylic acids is 1. The van der Waals surface area contributed by atoms with Crippen LogP contribution in [0.15, 0.2) is 29.6 Å². The van der Waals surface area contributed by atoms with Gasteiger partial charge in [0.25, 0.3) is 0 Å². The molecule has 0 radical (unpaired) electrons. The molecular weight excluding hydrogens is 288 g/mol. The monoisotopic (exact) mass is 304 g/mol. The molecule has 0 saturated heterocycles. The van der Waals surface area contributed by atoms with E-state index in [1.54, 1.807) is 6.07 Å². The zero-order chi connectivity index (χ0) is 15.2. The number of carboxylic acid groups (broad SMARTS) is 1. The van der Waals surface area contributed by atoms with Gasteiger partial charge in [-0.2, -0.15) is 0 Å². The van der Waals surface area contributed by atoms with Crippen molar-refractivity contribution in [3.8, 4) is 10.6 Å². The molecule has 1 aromatic carbocycles. The molecule has 0 unspecified atom stereocenters. The number of anilines is 1. The second-order valence-corrected chi connectivity index (χ2v) is 5.40. The molecule has 0 atom stereocenters.